The van der Waals surface area contributed by atoms with E-state index in [9.17, 15) is 9.59 Å². The van der Waals surface area contributed by atoms with Gasteiger partial charge in [-0.3, -0.25) is 19.8 Å². The number of halogens is 1. The van der Waals surface area contributed by atoms with Crippen molar-refractivity contribution in [2.75, 3.05) is 10.2 Å². The highest BCUT2D eigenvalue weighted by Gasteiger charge is 2.39. The standard InChI is InChI=1S/C25H18ClN3O3/c26-19-11-6-10-17(13-19)20-15-23(32-28-20)27-24(30)22-14-18-9-4-5-12-21(18)29(22)25(31)16-7-2-1-3-8-16/h1-13,15,22H,14H2,(H,27,30). The van der Waals surface area contributed by atoms with Crippen LogP contribution in [0.2, 0.25) is 5.02 Å². The summed E-state index contributed by atoms with van der Waals surface area (Å²) in [6.45, 7) is 0. The molecule has 32 heavy (non-hydrogen) atoms. The number of anilines is 2. The van der Waals surface area contributed by atoms with Crippen LogP contribution in [0.5, 0.6) is 0 Å². The lowest BCUT2D eigenvalue weighted by atomic mass is 10.1. The summed E-state index contributed by atoms with van der Waals surface area (Å²) in [6.07, 6.45) is 0.413. The smallest absolute Gasteiger partial charge is 0.259 e. The summed E-state index contributed by atoms with van der Waals surface area (Å²) in [5.41, 5.74) is 3.52. The maximum atomic E-state index is 13.3. The van der Waals surface area contributed by atoms with E-state index in [0.29, 0.717) is 22.7 Å². The van der Waals surface area contributed by atoms with Gasteiger partial charge in [0.05, 0.1) is 0 Å². The molecule has 158 valence electrons. The lowest BCUT2D eigenvalue weighted by Crippen LogP contribution is -2.45. The summed E-state index contributed by atoms with van der Waals surface area (Å²) in [7, 11) is 0. The Morgan fingerprint density at radius 2 is 1.75 bits per heavy atom. The van der Waals surface area contributed by atoms with Gasteiger partial charge in [0.15, 0.2) is 0 Å². The topological polar surface area (TPSA) is 75.4 Å². The van der Waals surface area contributed by atoms with Crippen molar-refractivity contribution < 1.29 is 14.1 Å². The van der Waals surface area contributed by atoms with Crippen LogP contribution in [-0.4, -0.2) is 23.0 Å². The zero-order chi connectivity index (χ0) is 22.1. The van der Waals surface area contributed by atoms with E-state index in [-0.39, 0.29) is 17.7 Å². The third-order valence-electron chi connectivity index (χ3n) is 5.40. The molecule has 0 aliphatic carbocycles. The number of aromatic nitrogens is 1. The van der Waals surface area contributed by atoms with E-state index in [1.807, 2.05) is 42.5 Å². The molecule has 5 rings (SSSR count). The second kappa shape index (κ2) is 8.32. The van der Waals surface area contributed by atoms with Gasteiger partial charge in [0.2, 0.25) is 11.8 Å². The van der Waals surface area contributed by atoms with Crippen LogP contribution in [0.4, 0.5) is 11.6 Å². The fourth-order valence-corrected chi connectivity index (χ4v) is 4.08. The Morgan fingerprint density at radius 3 is 2.56 bits per heavy atom. The predicted molar refractivity (Wildman–Crippen MR) is 123 cm³/mol. The van der Waals surface area contributed by atoms with Crippen molar-refractivity contribution in [3.05, 3.63) is 101 Å². The number of hydrogen-bond acceptors (Lipinski definition) is 4. The van der Waals surface area contributed by atoms with Crippen LogP contribution in [0.3, 0.4) is 0 Å². The second-order valence-electron chi connectivity index (χ2n) is 7.47. The summed E-state index contributed by atoms with van der Waals surface area (Å²) in [4.78, 5) is 28.1. The first-order valence-electron chi connectivity index (χ1n) is 10.1. The van der Waals surface area contributed by atoms with Crippen LogP contribution >= 0.6 is 11.6 Å². The number of rotatable bonds is 4. The first-order chi connectivity index (χ1) is 15.6. The third kappa shape index (κ3) is 3.76. The molecule has 7 heteroatoms. The molecule has 3 aromatic carbocycles. The zero-order valence-corrected chi connectivity index (χ0v) is 17.6. The van der Waals surface area contributed by atoms with Crippen LogP contribution in [-0.2, 0) is 11.2 Å². The summed E-state index contributed by atoms with van der Waals surface area (Å²) in [6, 6.07) is 24.6. The van der Waals surface area contributed by atoms with Gasteiger partial charge < -0.3 is 4.52 Å². The van der Waals surface area contributed by atoms with Crippen molar-refractivity contribution in [2.24, 2.45) is 0 Å². The quantitative estimate of drug-likeness (QED) is 0.470. The van der Waals surface area contributed by atoms with Gasteiger partial charge in [-0.05, 0) is 35.9 Å². The van der Waals surface area contributed by atoms with Crippen molar-refractivity contribution in [1.82, 2.24) is 5.16 Å². The first-order valence-corrected chi connectivity index (χ1v) is 10.5. The van der Waals surface area contributed by atoms with Crippen molar-refractivity contribution in [3.8, 4) is 11.3 Å². The van der Waals surface area contributed by atoms with Crippen molar-refractivity contribution in [3.63, 3.8) is 0 Å². The number of carbonyl (C=O) groups excluding carboxylic acids is 2. The normalized spacial score (nSPS) is 14.8. The molecule has 2 amide bonds. The number of benzene rings is 3. The number of fused-ring (bicyclic) bond motifs is 1. The molecule has 1 aliphatic heterocycles. The summed E-state index contributed by atoms with van der Waals surface area (Å²) in [5.74, 6) is -0.375. The van der Waals surface area contributed by atoms with Gasteiger partial charge in [-0.2, -0.15) is 0 Å². The highest BCUT2D eigenvalue weighted by molar-refractivity contribution is 6.30. The van der Waals surface area contributed by atoms with Gasteiger partial charge in [-0.25, -0.2) is 0 Å². The van der Waals surface area contributed by atoms with Gasteiger partial charge in [-0.1, -0.05) is 65.3 Å². The van der Waals surface area contributed by atoms with E-state index in [1.54, 1.807) is 47.4 Å². The minimum absolute atomic E-state index is 0.202. The van der Waals surface area contributed by atoms with Crippen LogP contribution in [0, 0.1) is 0 Å². The Balaban J connectivity index is 1.41. The van der Waals surface area contributed by atoms with Crippen molar-refractivity contribution >= 4 is 35.0 Å². The Kier molecular flexibility index (Phi) is 5.21. The zero-order valence-electron chi connectivity index (χ0n) is 16.9. The first kappa shape index (κ1) is 20.0. The molecule has 0 saturated heterocycles. The van der Waals surface area contributed by atoms with E-state index < -0.39 is 6.04 Å². The average Bonchev–Trinajstić information content (AvgIpc) is 3.44. The largest absolute Gasteiger partial charge is 0.338 e. The van der Waals surface area contributed by atoms with Crippen molar-refractivity contribution in [1.29, 1.82) is 0 Å². The minimum Gasteiger partial charge on any atom is -0.338 e. The molecule has 0 bridgehead atoms. The number of nitrogens with one attached hydrogen (secondary N) is 1. The highest BCUT2D eigenvalue weighted by atomic mass is 35.5. The third-order valence-corrected chi connectivity index (χ3v) is 5.63. The van der Waals surface area contributed by atoms with Gasteiger partial charge in [0.25, 0.3) is 5.91 Å². The SMILES string of the molecule is O=C(Nc1cc(-c2cccc(Cl)c2)no1)C1Cc2ccccc2N1C(=O)c1ccccc1. The minimum atomic E-state index is -0.708. The number of hydrogen-bond donors (Lipinski definition) is 1. The molecule has 0 spiro atoms. The molecule has 0 fully saturated rings. The maximum Gasteiger partial charge on any atom is 0.259 e. The molecular formula is C25H18ClN3O3. The van der Waals surface area contributed by atoms with E-state index in [1.165, 1.54) is 0 Å². The van der Waals surface area contributed by atoms with Gasteiger partial charge >= 0.3 is 0 Å². The Bertz CT molecular complexity index is 1300. The molecule has 0 radical (unpaired) electrons. The van der Waals surface area contributed by atoms with E-state index >= 15 is 0 Å². The summed E-state index contributed by atoms with van der Waals surface area (Å²) in [5, 5.41) is 7.36. The molecule has 1 unspecified atom stereocenters. The van der Waals surface area contributed by atoms with Crippen LogP contribution in [0.1, 0.15) is 15.9 Å². The lowest BCUT2D eigenvalue weighted by molar-refractivity contribution is -0.117. The van der Waals surface area contributed by atoms with E-state index in [4.69, 9.17) is 16.1 Å². The number of carbonyl (C=O) groups is 2. The number of para-hydroxylation sites is 1. The van der Waals surface area contributed by atoms with Crippen LogP contribution in [0.25, 0.3) is 11.3 Å². The Morgan fingerprint density at radius 1 is 0.969 bits per heavy atom. The molecule has 1 N–H and O–H groups in total. The molecular weight excluding hydrogens is 426 g/mol. The van der Waals surface area contributed by atoms with Gasteiger partial charge in [0, 0.05) is 34.3 Å². The average molecular weight is 444 g/mol. The molecule has 4 aromatic rings. The molecule has 6 nitrogen and oxygen atoms in total. The summed E-state index contributed by atoms with van der Waals surface area (Å²) >= 11 is 6.05. The fourth-order valence-electron chi connectivity index (χ4n) is 3.89. The second-order valence-corrected chi connectivity index (χ2v) is 7.90. The summed E-state index contributed by atoms with van der Waals surface area (Å²) < 4.78 is 5.32. The molecule has 0 saturated carbocycles. The van der Waals surface area contributed by atoms with Crippen LogP contribution < -0.4 is 10.2 Å². The monoisotopic (exact) mass is 443 g/mol. The number of nitrogens with zero attached hydrogens (tertiary/aromatic N) is 2. The Hall–Kier alpha value is -3.90. The van der Waals surface area contributed by atoms with Crippen LogP contribution in [0.15, 0.2) is 89.5 Å². The molecule has 1 atom stereocenters. The fraction of sp³-hybridized carbons (Fsp3) is 0.0800. The van der Waals surface area contributed by atoms with Crippen molar-refractivity contribution in [2.45, 2.75) is 12.5 Å². The Labute approximate surface area is 189 Å². The van der Waals surface area contributed by atoms with E-state index in [2.05, 4.69) is 10.5 Å². The van der Waals surface area contributed by atoms with Gasteiger partial charge in [0.1, 0.15) is 11.7 Å². The molecule has 1 aromatic heterocycles. The molecule has 2 heterocycles. The molecule has 1 aliphatic rings. The van der Waals surface area contributed by atoms with Gasteiger partial charge in [-0.15, -0.1) is 0 Å². The predicted octanol–water partition coefficient (Wildman–Crippen LogP) is 5.21. The van der Waals surface area contributed by atoms with E-state index in [0.717, 1.165) is 16.8 Å². The maximum absolute atomic E-state index is 13.3. The number of amides is 2. The highest BCUT2D eigenvalue weighted by Crippen LogP contribution is 2.34. The lowest BCUT2D eigenvalue weighted by Gasteiger charge is -2.24.